The number of aryl methyl sites for hydroxylation is 2. The predicted molar refractivity (Wildman–Crippen MR) is 87.9 cm³/mol. The lowest BCUT2D eigenvalue weighted by Crippen LogP contribution is -2.11. The molecular formula is C17H19N3S. The van der Waals surface area contributed by atoms with E-state index in [4.69, 9.17) is 0 Å². The number of nitrogens with one attached hydrogen (secondary N) is 1. The van der Waals surface area contributed by atoms with Crippen LogP contribution in [0.15, 0.2) is 48.8 Å². The van der Waals surface area contributed by atoms with Gasteiger partial charge in [0, 0.05) is 34.6 Å². The highest BCUT2D eigenvalue weighted by Gasteiger charge is 2.03. The number of aromatic nitrogens is 2. The van der Waals surface area contributed by atoms with Crippen LogP contribution in [0.2, 0.25) is 0 Å². The molecule has 0 radical (unpaired) electrons. The standard InChI is InChI=1S/C17H19N3S/c1-13-8-17(21-14(13)2)11-18-9-15-10-19-20(12-15)16-6-4-3-5-7-16/h3-8,10,12,18H,9,11H2,1-2H3. The maximum atomic E-state index is 4.41. The number of benzene rings is 1. The second-order valence-electron chi connectivity index (χ2n) is 5.18. The SMILES string of the molecule is Cc1cc(CNCc2cnn(-c3ccccc3)c2)sc1C. The molecule has 0 aliphatic heterocycles. The average molecular weight is 297 g/mol. The quantitative estimate of drug-likeness (QED) is 0.775. The minimum Gasteiger partial charge on any atom is -0.308 e. The Kier molecular flexibility index (Phi) is 4.18. The number of para-hydroxylation sites is 1. The molecule has 0 amide bonds. The topological polar surface area (TPSA) is 29.9 Å². The van der Waals surface area contributed by atoms with Crippen LogP contribution < -0.4 is 5.32 Å². The van der Waals surface area contributed by atoms with Crippen molar-refractivity contribution in [2.75, 3.05) is 0 Å². The van der Waals surface area contributed by atoms with Crippen LogP contribution in [0.1, 0.15) is 20.9 Å². The summed E-state index contributed by atoms with van der Waals surface area (Å²) in [5.41, 5.74) is 3.67. The lowest BCUT2D eigenvalue weighted by atomic mass is 10.3. The zero-order valence-corrected chi connectivity index (χ0v) is 13.2. The Morgan fingerprint density at radius 3 is 2.67 bits per heavy atom. The van der Waals surface area contributed by atoms with Crippen LogP contribution >= 0.6 is 11.3 Å². The Labute approximate surface area is 129 Å². The molecular weight excluding hydrogens is 278 g/mol. The summed E-state index contributed by atoms with van der Waals surface area (Å²) in [4.78, 5) is 2.80. The van der Waals surface area contributed by atoms with Crippen molar-refractivity contribution in [2.45, 2.75) is 26.9 Å². The van der Waals surface area contributed by atoms with Gasteiger partial charge >= 0.3 is 0 Å². The number of rotatable bonds is 5. The van der Waals surface area contributed by atoms with E-state index >= 15 is 0 Å². The van der Waals surface area contributed by atoms with Crippen LogP contribution in [0.25, 0.3) is 5.69 Å². The first-order valence-electron chi connectivity index (χ1n) is 7.08. The molecule has 0 bridgehead atoms. The molecule has 0 fully saturated rings. The van der Waals surface area contributed by atoms with Crippen molar-refractivity contribution < 1.29 is 0 Å². The van der Waals surface area contributed by atoms with Gasteiger partial charge in [0.2, 0.25) is 0 Å². The van der Waals surface area contributed by atoms with E-state index in [-0.39, 0.29) is 0 Å². The van der Waals surface area contributed by atoms with Gasteiger partial charge in [-0.15, -0.1) is 11.3 Å². The van der Waals surface area contributed by atoms with Crippen molar-refractivity contribution >= 4 is 11.3 Å². The third-order valence-corrected chi connectivity index (χ3v) is 4.65. The van der Waals surface area contributed by atoms with Gasteiger partial charge in [-0.1, -0.05) is 18.2 Å². The van der Waals surface area contributed by atoms with E-state index in [0.717, 1.165) is 18.8 Å². The summed E-state index contributed by atoms with van der Waals surface area (Å²) >= 11 is 1.87. The summed E-state index contributed by atoms with van der Waals surface area (Å²) in [6.07, 6.45) is 4.00. The molecule has 2 heterocycles. The fraction of sp³-hybridized carbons (Fsp3) is 0.235. The largest absolute Gasteiger partial charge is 0.308 e. The Bertz CT molecular complexity index is 693. The second-order valence-corrected chi connectivity index (χ2v) is 6.53. The molecule has 108 valence electrons. The zero-order valence-electron chi connectivity index (χ0n) is 12.3. The third-order valence-electron chi connectivity index (χ3n) is 3.50. The van der Waals surface area contributed by atoms with E-state index in [1.54, 1.807) is 0 Å². The molecule has 0 aliphatic rings. The van der Waals surface area contributed by atoms with E-state index in [2.05, 4.69) is 48.7 Å². The van der Waals surface area contributed by atoms with Crippen LogP contribution in [0.5, 0.6) is 0 Å². The molecule has 3 nitrogen and oxygen atoms in total. The summed E-state index contributed by atoms with van der Waals surface area (Å²) in [6.45, 7) is 6.09. The highest BCUT2D eigenvalue weighted by molar-refractivity contribution is 7.12. The van der Waals surface area contributed by atoms with Crippen molar-refractivity contribution in [2.24, 2.45) is 0 Å². The van der Waals surface area contributed by atoms with Gasteiger partial charge in [-0.2, -0.15) is 5.10 Å². The molecule has 0 spiro atoms. The van der Waals surface area contributed by atoms with Gasteiger partial charge in [0.1, 0.15) is 0 Å². The Morgan fingerprint density at radius 1 is 1.14 bits per heavy atom. The summed E-state index contributed by atoms with van der Waals surface area (Å²) in [5, 5.41) is 7.89. The van der Waals surface area contributed by atoms with E-state index < -0.39 is 0 Å². The number of hydrogen-bond donors (Lipinski definition) is 1. The number of hydrogen-bond acceptors (Lipinski definition) is 3. The predicted octanol–water partition coefficient (Wildman–Crippen LogP) is 3.84. The summed E-state index contributed by atoms with van der Waals surface area (Å²) < 4.78 is 1.91. The summed E-state index contributed by atoms with van der Waals surface area (Å²) in [6, 6.07) is 12.4. The Hall–Kier alpha value is -1.91. The molecule has 4 heteroatoms. The molecule has 3 rings (SSSR count). The molecule has 0 aliphatic carbocycles. The summed E-state index contributed by atoms with van der Waals surface area (Å²) in [5.74, 6) is 0. The van der Waals surface area contributed by atoms with Crippen molar-refractivity contribution in [1.82, 2.24) is 15.1 Å². The zero-order chi connectivity index (χ0) is 14.7. The Morgan fingerprint density at radius 2 is 1.95 bits per heavy atom. The first kappa shape index (κ1) is 14.0. The van der Waals surface area contributed by atoms with Gasteiger partial charge in [-0.05, 0) is 37.6 Å². The lowest BCUT2D eigenvalue weighted by molar-refractivity contribution is 0.700. The smallest absolute Gasteiger partial charge is 0.0645 e. The third kappa shape index (κ3) is 3.40. The van der Waals surface area contributed by atoms with Crippen molar-refractivity contribution in [3.05, 3.63) is 69.7 Å². The normalized spacial score (nSPS) is 11.0. The monoisotopic (exact) mass is 297 g/mol. The lowest BCUT2D eigenvalue weighted by Gasteiger charge is -2.01. The highest BCUT2D eigenvalue weighted by Crippen LogP contribution is 2.20. The van der Waals surface area contributed by atoms with E-state index in [1.807, 2.05) is 40.4 Å². The van der Waals surface area contributed by atoms with Gasteiger partial charge in [0.05, 0.1) is 11.9 Å². The fourth-order valence-electron chi connectivity index (χ4n) is 2.24. The molecule has 0 saturated heterocycles. The molecule has 0 unspecified atom stereocenters. The van der Waals surface area contributed by atoms with Crippen LogP contribution in [0, 0.1) is 13.8 Å². The van der Waals surface area contributed by atoms with Gasteiger partial charge in [0.15, 0.2) is 0 Å². The molecule has 2 aromatic heterocycles. The van der Waals surface area contributed by atoms with Gasteiger partial charge in [-0.25, -0.2) is 4.68 Å². The molecule has 3 aromatic rings. The maximum absolute atomic E-state index is 4.41. The minimum absolute atomic E-state index is 0.836. The van der Waals surface area contributed by atoms with Gasteiger partial charge in [-0.3, -0.25) is 0 Å². The van der Waals surface area contributed by atoms with Gasteiger partial charge in [0.25, 0.3) is 0 Å². The summed E-state index contributed by atoms with van der Waals surface area (Å²) in [7, 11) is 0. The first-order chi connectivity index (χ1) is 10.2. The van der Waals surface area contributed by atoms with Crippen LogP contribution in [-0.2, 0) is 13.1 Å². The highest BCUT2D eigenvalue weighted by atomic mass is 32.1. The fourth-order valence-corrected chi connectivity index (χ4v) is 3.26. The van der Waals surface area contributed by atoms with E-state index in [9.17, 15) is 0 Å². The average Bonchev–Trinajstić information content (AvgIpc) is 3.08. The first-order valence-corrected chi connectivity index (χ1v) is 7.89. The van der Waals surface area contributed by atoms with Crippen LogP contribution in [0.3, 0.4) is 0 Å². The van der Waals surface area contributed by atoms with Crippen molar-refractivity contribution in [1.29, 1.82) is 0 Å². The maximum Gasteiger partial charge on any atom is 0.0645 e. The van der Waals surface area contributed by atoms with Crippen LogP contribution in [-0.4, -0.2) is 9.78 Å². The molecule has 1 N–H and O–H groups in total. The van der Waals surface area contributed by atoms with Gasteiger partial charge < -0.3 is 5.32 Å². The number of thiophene rings is 1. The van der Waals surface area contributed by atoms with Crippen molar-refractivity contribution in [3.63, 3.8) is 0 Å². The molecule has 1 aromatic carbocycles. The van der Waals surface area contributed by atoms with Crippen molar-refractivity contribution in [3.8, 4) is 5.69 Å². The molecule has 21 heavy (non-hydrogen) atoms. The number of nitrogens with zero attached hydrogens (tertiary/aromatic N) is 2. The van der Waals surface area contributed by atoms with Crippen LogP contribution in [0.4, 0.5) is 0 Å². The molecule has 0 atom stereocenters. The second kappa shape index (κ2) is 6.24. The molecule has 0 saturated carbocycles. The van der Waals surface area contributed by atoms with E-state index in [0.29, 0.717) is 0 Å². The van der Waals surface area contributed by atoms with E-state index in [1.165, 1.54) is 20.9 Å². The minimum atomic E-state index is 0.836. The Balaban J connectivity index is 1.58.